The summed E-state index contributed by atoms with van der Waals surface area (Å²) in [6, 6.07) is 3.58. The van der Waals surface area contributed by atoms with E-state index in [1.807, 2.05) is 13.0 Å². The van der Waals surface area contributed by atoms with Crippen LogP contribution in [0.5, 0.6) is 0 Å². The molecule has 1 aromatic rings. The van der Waals surface area contributed by atoms with Crippen LogP contribution in [0.1, 0.15) is 5.56 Å². The summed E-state index contributed by atoms with van der Waals surface area (Å²) in [6.45, 7) is 1.95. The number of anilines is 1. The summed E-state index contributed by atoms with van der Waals surface area (Å²) in [5.74, 6) is 0. The molecule has 0 saturated heterocycles. The maximum Gasteiger partial charge on any atom is 0.0476 e. The minimum absolute atomic E-state index is 0.679. The molecular formula is C7H7BrClN. The van der Waals surface area contributed by atoms with Crippen LogP contribution in [0.3, 0.4) is 0 Å². The van der Waals surface area contributed by atoms with E-state index in [-0.39, 0.29) is 0 Å². The van der Waals surface area contributed by atoms with Crippen molar-refractivity contribution in [3.8, 4) is 0 Å². The molecule has 0 radical (unpaired) electrons. The summed E-state index contributed by atoms with van der Waals surface area (Å²) >= 11 is 9.05. The summed E-state index contributed by atoms with van der Waals surface area (Å²) in [6.07, 6.45) is 0. The number of benzene rings is 1. The van der Waals surface area contributed by atoms with Gasteiger partial charge in [-0.3, -0.25) is 0 Å². The van der Waals surface area contributed by atoms with Crippen molar-refractivity contribution in [3.05, 3.63) is 27.2 Å². The zero-order valence-corrected chi connectivity index (χ0v) is 7.83. The van der Waals surface area contributed by atoms with Crippen molar-refractivity contribution in [2.45, 2.75) is 6.92 Å². The average Bonchev–Trinajstić information content (AvgIpc) is 1.82. The van der Waals surface area contributed by atoms with Gasteiger partial charge in [0.15, 0.2) is 0 Å². The van der Waals surface area contributed by atoms with Gasteiger partial charge in [-0.25, -0.2) is 0 Å². The van der Waals surface area contributed by atoms with E-state index in [9.17, 15) is 0 Å². The van der Waals surface area contributed by atoms with E-state index in [1.165, 1.54) is 0 Å². The van der Waals surface area contributed by atoms with E-state index in [4.69, 9.17) is 17.3 Å². The first kappa shape index (κ1) is 7.89. The minimum Gasteiger partial charge on any atom is -0.398 e. The van der Waals surface area contributed by atoms with Crippen LogP contribution < -0.4 is 5.73 Å². The van der Waals surface area contributed by atoms with Crippen molar-refractivity contribution in [2.75, 3.05) is 5.73 Å². The Labute approximate surface area is 73.3 Å². The van der Waals surface area contributed by atoms with Crippen molar-refractivity contribution in [1.82, 2.24) is 0 Å². The van der Waals surface area contributed by atoms with Gasteiger partial charge < -0.3 is 5.73 Å². The van der Waals surface area contributed by atoms with E-state index >= 15 is 0 Å². The van der Waals surface area contributed by atoms with Gasteiger partial charge in [-0.15, -0.1) is 0 Å². The highest BCUT2D eigenvalue weighted by atomic mass is 79.9. The van der Waals surface area contributed by atoms with E-state index in [2.05, 4.69) is 15.9 Å². The van der Waals surface area contributed by atoms with Gasteiger partial charge in [-0.2, -0.15) is 0 Å². The maximum atomic E-state index is 5.72. The van der Waals surface area contributed by atoms with Crippen molar-refractivity contribution >= 4 is 33.2 Å². The summed E-state index contributed by atoms with van der Waals surface area (Å²) < 4.78 is 0.928. The third-order valence-electron chi connectivity index (χ3n) is 1.25. The van der Waals surface area contributed by atoms with Crippen LogP contribution in [0.4, 0.5) is 5.69 Å². The number of halogens is 2. The lowest BCUT2D eigenvalue weighted by atomic mass is 10.2. The first-order valence-electron chi connectivity index (χ1n) is 2.82. The van der Waals surface area contributed by atoms with Crippen molar-refractivity contribution in [1.29, 1.82) is 0 Å². The normalized spacial score (nSPS) is 9.90. The Morgan fingerprint density at radius 1 is 1.50 bits per heavy atom. The molecule has 54 valence electrons. The summed E-state index contributed by atoms with van der Waals surface area (Å²) in [4.78, 5) is 0. The molecule has 0 atom stereocenters. The fourth-order valence-electron chi connectivity index (χ4n) is 0.751. The first-order valence-corrected chi connectivity index (χ1v) is 3.99. The highest BCUT2D eigenvalue weighted by Crippen LogP contribution is 2.27. The number of hydrogen-bond acceptors (Lipinski definition) is 1. The second-order valence-electron chi connectivity index (χ2n) is 2.13. The molecule has 1 rings (SSSR count). The number of hydrogen-bond donors (Lipinski definition) is 1. The zero-order valence-electron chi connectivity index (χ0n) is 5.49. The molecule has 0 aromatic heterocycles. The molecule has 2 N–H and O–H groups in total. The number of rotatable bonds is 0. The monoisotopic (exact) mass is 219 g/mol. The molecule has 0 heterocycles. The molecular weight excluding hydrogens is 213 g/mol. The van der Waals surface area contributed by atoms with Crippen LogP contribution in [0.15, 0.2) is 16.6 Å². The van der Waals surface area contributed by atoms with Crippen LogP contribution in [0.25, 0.3) is 0 Å². The third kappa shape index (κ3) is 1.44. The van der Waals surface area contributed by atoms with Gasteiger partial charge in [0, 0.05) is 15.2 Å². The van der Waals surface area contributed by atoms with Gasteiger partial charge in [-0.1, -0.05) is 11.6 Å². The molecule has 0 aliphatic heterocycles. The maximum absolute atomic E-state index is 5.72. The molecule has 0 aliphatic rings. The lowest BCUT2D eigenvalue weighted by Gasteiger charge is -2.01. The van der Waals surface area contributed by atoms with Gasteiger partial charge in [0.2, 0.25) is 0 Å². The first-order chi connectivity index (χ1) is 4.61. The van der Waals surface area contributed by atoms with E-state index < -0.39 is 0 Å². The Morgan fingerprint density at radius 3 is 2.60 bits per heavy atom. The third-order valence-corrected chi connectivity index (χ3v) is 2.55. The quantitative estimate of drug-likeness (QED) is 0.668. The summed E-state index contributed by atoms with van der Waals surface area (Å²) in [5, 5.41) is 0.679. The van der Waals surface area contributed by atoms with Gasteiger partial charge in [-0.05, 0) is 40.5 Å². The lowest BCUT2D eigenvalue weighted by Crippen LogP contribution is -1.88. The smallest absolute Gasteiger partial charge is 0.0476 e. The van der Waals surface area contributed by atoms with Crippen LogP contribution in [-0.4, -0.2) is 0 Å². The molecule has 0 spiro atoms. The molecule has 1 aromatic carbocycles. The Bertz CT molecular complexity index is 237. The molecule has 10 heavy (non-hydrogen) atoms. The molecule has 1 nitrogen and oxygen atoms in total. The Hall–Kier alpha value is -0.210. The zero-order chi connectivity index (χ0) is 7.72. The summed E-state index contributed by atoms with van der Waals surface area (Å²) in [7, 11) is 0. The number of nitrogen functional groups attached to an aromatic ring is 1. The molecule has 0 saturated carbocycles. The van der Waals surface area contributed by atoms with Gasteiger partial charge >= 0.3 is 0 Å². The Balaban J connectivity index is 3.31. The van der Waals surface area contributed by atoms with Crippen LogP contribution >= 0.6 is 27.5 Å². The van der Waals surface area contributed by atoms with E-state index in [0.717, 1.165) is 10.0 Å². The predicted octanol–water partition coefficient (Wildman–Crippen LogP) is 2.99. The van der Waals surface area contributed by atoms with Crippen molar-refractivity contribution in [3.63, 3.8) is 0 Å². The Morgan fingerprint density at radius 2 is 2.10 bits per heavy atom. The molecule has 3 heteroatoms. The SMILES string of the molecule is Cc1cc(Cl)cc(N)c1Br. The van der Waals surface area contributed by atoms with Gasteiger partial charge in [0.25, 0.3) is 0 Å². The van der Waals surface area contributed by atoms with Gasteiger partial charge in [0.05, 0.1) is 0 Å². The van der Waals surface area contributed by atoms with Crippen molar-refractivity contribution < 1.29 is 0 Å². The van der Waals surface area contributed by atoms with E-state index in [1.54, 1.807) is 6.07 Å². The molecule has 0 fully saturated rings. The second kappa shape index (κ2) is 2.81. The highest BCUT2D eigenvalue weighted by Gasteiger charge is 1.99. The van der Waals surface area contributed by atoms with Crippen LogP contribution in [0.2, 0.25) is 5.02 Å². The van der Waals surface area contributed by atoms with Crippen LogP contribution in [0, 0.1) is 6.92 Å². The van der Waals surface area contributed by atoms with Gasteiger partial charge in [0.1, 0.15) is 0 Å². The van der Waals surface area contributed by atoms with Crippen molar-refractivity contribution in [2.24, 2.45) is 0 Å². The molecule has 0 unspecified atom stereocenters. The number of aryl methyl sites for hydroxylation is 1. The Kier molecular flexibility index (Phi) is 2.21. The fraction of sp³-hybridized carbons (Fsp3) is 0.143. The molecule has 0 bridgehead atoms. The van der Waals surface area contributed by atoms with E-state index in [0.29, 0.717) is 10.7 Å². The number of nitrogens with two attached hydrogens (primary N) is 1. The van der Waals surface area contributed by atoms with Crippen LogP contribution in [-0.2, 0) is 0 Å². The highest BCUT2D eigenvalue weighted by molar-refractivity contribution is 9.10. The fourth-order valence-corrected chi connectivity index (χ4v) is 1.26. The standard InChI is InChI=1S/C7H7BrClN/c1-4-2-5(9)3-6(10)7(4)8/h2-3H,10H2,1H3. The summed E-state index contributed by atoms with van der Waals surface area (Å²) in [5.41, 5.74) is 7.34. The average molecular weight is 220 g/mol. The molecule has 0 aliphatic carbocycles. The minimum atomic E-state index is 0.679. The largest absolute Gasteiger partial charge is 0.398 e. The molecule has 0 amide bonds. The predicted molar refractivity (Wildman–Crippen MR) is 48.3 cm³/mol. The lowest BCUT2D eigenvalue weighted by molar-refractivity contribution is 1.43. The topological polar surface area (TPSA) is 26.0 Å². The second-order valence-corrected chi connectivity index (χ2v) is 3.36.